The van der Waals surface area contributed by atoms with Gasteiger partial charge in [-0.1, -0.05) is 24.3 Å². The number of aliphatic hydroxyl groups is 2. The number of hydrogen-bond acceptors (Lipinski definition) is 4. The quantitative estimate of drug-likeness (QED) is 0.467. The van der Waals surface area contributed by atoms with Gasteiger partial charge < -0.3 is 10.2 Å². The Morgan fingerprint density at radius 3 is 2.29 bits per heavy atom. The Labute approximate surface area is 82.0 Å². The van der Waals surface area contributed by atoms with Gasteiger partial charge in [-0.05, 0) is 6.92 Å². The van der Waals surface area contributed by atoms with Gasteiger partial charge in [-0.25, -0.2) is 0 Å². The van der Waals surface area contributed by atoms with Crippen LogP contribution in [0.25, 0.3) is 0 Å². The highest BCUT2D eigenvalue weighted by Crippen LogP contribution is 2.19. The second-order valence-electron chi connectivity index (χ2n) is 3.24. The molecule has 4 nitrogen and oxygen atoms in total. The molecule has 0 fully saturated rings. The minimum atomic E-state index is -1.78. The Morgan fingerprint density at radius 2 is 1.93 bits per heavy atom. The molecule has 14 heavy (non-hydrogen) atoms. The Kier molecular flexibility index (Phi) is 3.00. The van der Waals surface area contributed by atoms with Crippen molar-refractivity contribution in [3.8, 4) is 0 Å². The lowest BCUT2D eigenvalue weighted by atomic mass is 9.98. The average Bonchev–Trinajstić information content (AvgIpc) is 2.17. The van der Waals surface area contributed by atoms with Crippen LogP contribution in [0.1, 0.15) is 22.8 Å². The Hall–Kier alpha value is -1.23. The summed E-state index contributed by atoms with van der Waals surface area (Å²) in [5.74, 6) is 0. The fourth-order valence-corrected chi connectivity index (χ4v) is 1.07. The summed E-state index contributed by atoms with van der Waals surface area (Å²) in [6.45, 7) is 1.40. The van der Waals surface area contributed by atoms with Gasteiger partial charge in [0.1, 0.15) is 6.29 Å². The molecule has 0 aliphatic carbocycles. The number of carbonyl (C=O) groups is 1. The van der Waals surface area contributed by atoms with Crippen molar-refractivity contribution in [1.82, 2.24) is 0 Å². The van der Waals surface area contributed by atoms with E-state index in [0.717, 1.165) is 0 Å². The second-order valence-corrected chi connectivity index (χ2v) is 3.24. The maximum Gasteiger partial charge on any atom is 0.165 e. The maximum absolute atomic E-state index is 10.4. The standard InChI is InChI=1S/C10H13NO3/c1-7(13)10(11,14)9-4-2-8(6-12)3-5-9/h2-7,13-14H,11H2,1H3/t7-,10+/m1/s1. The third-order valence-corrected chi connectivity index (χ3v) is 2.15. The number of aliphatic hydroxyl groups excluding tert-OH is 1. The summed E-state index contributed by atoms with van der Waals surface area (Å²) in [6.07, 6.45) is -0.383. The molecule has 0 heterocycles. The number of aldehydes is 1. The van der Waals surface area contributed by atoms with Gasteiger partial charge in [-0.2, -0.15) is 0 Å². The molecule has 0 saturated carbocycles. The van der Waals surface area contributed by atoms with Crippen LogP contribution in [0.3, 0.4) is 0 Å². The fourth-order valence-electron chi connectivity index (χ4n) is 1.07. The first-order chi connectivity index (χ1) is 6.48. The van der Waals surface area contributed by atoms with Gasteiger partial charge in [0.25, 0.3) is 0 Å². The molecule has 0 aliphatic heterocycles. The van der Waals surface area contributed by atoms with E-state index >= 15 is 0 Å². The molecule has 0 spiro atoms. The third kappa shape index (κ3) is 1.98. The highest BCUT2D eigenvalue weighted by atomic mass is 16.4. The van der Waals surface area contributed by atoms with E-state index in [4.69, 9.17) is 5.73 Å². The van der Waals surface area contributed by atoms with Gasteiger partial charge in [0.2, 0.25) is 0 Å². The van der Waals surface area contributed by atoms with Gasteiger partial charge >= 0.3 is 0 Å². The molecule has 0 saturated heterocycles. The van der Waals surface area contributed by atoms with Crippen molar-refractivity contribution in [3.05, 3.63) is 35.4 Å². The van der Waals surface area contributed by atoms with Gasteiger partial charge in [0, 0.05) is 11.1 Å². The van der Waals surface area contributed by atoms with E-state index in [1.165, 1.54) is 31.2 Å². The van der Waals surface area contributed by atoms with Crippen molar-refractivity contribution < 1.29 is 15.0 Å². The molecule has 1 aromatic rings. The summed E-state index contributed by atoms with van der Waals surface area (Å²) in [7, 11) is 0. The van der Waals surface area contributed by atoms with Gasteiger partial charge in [0.05, 0.1) is 6.10 Å². The average molecular weight is 195 g/mol. The third-order valence-electron chi connectivity index (χ3n) is 2.15. The molecule has 4 heteroatoms. The van der Waals surface area contributed by atoms with Crippen LogP contribution in [0.15, 0.2) is 24.3 Å². The minimum Gasteiger partial charge on any atom is -0.389 e. The molecule has 1 rings (SSSR count). The van der Waals surface area contributed by atoms with E-state index in [-0.39, 0.29) is 0 Å². The van der Waals surface area contributed by atoms with E-state index in [2.05, 4.69) is 0 Å². The van der Waals surface area contributed by atoms with E-state index < -0.39 is 11.8 Å². The lowest BCUT2D eigenvalue weighted by molar-refractivity contribution is -0.0669. The van der Waals surface area contributed by atoms with Crippen LogP contribution in [0.2, 0.25) is 0 Å². The summed E-state index contributed by atoms with van der Waals surface area (Å²) in [4.78, 5) is 10.4. The van der Waals surface area contributed by atoms with Crippen molar-refractivity contribution in [3.63, 3.8) is 0 Å². The van der Waals surface area contributed by atoms with Crippen LogP contribution in [-0.4, -0.2) is 22.6 Å². The zero-order chi connectivity index (χ0) is 10.8. The predicted octanol–water partition coefficient (Wildman–Crippen LogP) is -0.0163. The molecule has 0 aromatic heterocycles. The number of carbonyl (C=O) groups excluding carboxylic acids is 1. The van der Waals surface area contributed by atoms with E-state index in [1.807, 2.05) is 0 Å². The Balaban J connectivity index is 3.02. The zero-order valence-electron chi connectivity index (χ0n) is 7.84. The van der Waals surface area contributed by atoms with E-state index in [1.54, 1.807) is 0 Å². The number of nitrogens with two attached hydrogens (primary N) is 1. The van der Waals surface area contributed by atoms with Crippen molar-refractivity contribution in [2.24, 2.45) is 5.73 Å². The summed E-state index contributed by atoms with van der Waals surface area (Å²) in [5.41, 5.74) is 4.58. The molecule has 1 aromatic carbocycles. The molecule has 0 unspecified atom stereocenters. The molecular weight excluding hydrogens is 182 g/mol. The van der Waals surface area contributed by atoms with Crippen molar-refractivity contribution >= 4 is 6.29 Å². The Bertz CT molecular complexity index is 317. The smallest absolute Gasteiger partial charge is 0.165 e. The number of benzene rings is 1. The molecule has 0 amide bonds. The van der Waals surface area contributed by atoms with Crippen LogP contribution >= 0.6 is 0 Å². The van der Waals surface area contributed by atoms with Gasteiger partial charge in [-0.3, -0.25) is 10.5 Å². The van der Waals surface area contributed by atoms with E-state index in [0.29, 0.717) is 17.4 Å². The van der Waals surface area contributed by atoms with Gasteiger partial charge in [0.15, 0.2) is 5.72 Å². The lowest BCUT2D eigenvalue weighted by Gasteiger charge is -2.26. The van der Waals surface area contributed by atoms with Crippen LogP contribution < -0.4 is 5.73 Å². The molecule has 0 aliphatic rings. The summed E-state index contributed by atoms with van der Waals surface area (Å²) < 4.78 is 0. The minimum absolute atomic E-state index is 0.373. The molecule has 0 bridgehead atoms. The molecule has 0 radical (unpaired) electrons. The van der Waals surface area contributed by atoms with Crippen LogP contribution in [0, 0.1) is 0 Å². The number of hydrogen-bond donors (Lipinski definition) is 3. The SMILES string of the molecule is C[C@@H](O)[C@](N)(O)c1ccc(C=O)cc1. The first-order valence-electron chi connectivity index (χ1n) is 4.23. The molecular formula is C10H13NO3. The highest BCUT2D eigenvalue weighted by molar-refractivity contribution is 5.74. The molecule has 4 N–H and O–H groups in total. The van der Waals surface area contributed by atoms with Crippen molar-refractivity contribution in [2.45, 2.75) is 18.8 Å². The fraction of sp³-hybridized carbons (Fsp3) is 0.300. The van der Waals surface area contributed by atoms with E-state index in [9.17, 15) is 15.0 Å². The Morgan fingerprint density at radius 1 is 1.43 bits per heavy atom. The monoisotopic (exact) mass is 195 g/mol. The first kappa shape index (κ1) is 10.8. The maximum atomic E-state index is 10.4. The van der Waals surface area contributed by atoms with Crippen molar-refractivity contribution in [2.75, 3.05) is 0 Å². The number of rotatable bonds is 3. The predicted molar refractivity (Wildman–Crippen MR) is 51.6 cm³/mol. The van der Waals surface area contributed by atoms with Crippen LogP contribution in [0.5, 0.6) is 0 Å². The second kappa shape index (κ2) is 3.88. The summed E-state index contributed by atoms with van der Waals surface area (Å²) in [5, 5.41) is 18.9. The van der Waals surface area contributed by atoms with Crippen LogP contribution in [0.4, 0.5) is 0 Å². The highest BCUT2D eigenvalue weighted by Gasteiger charge is 2.29. The first-order valence-corrected chi connectivity index (χ1v) is 4.23. The molecule has 2 atom stereocenters. The summed E-state index contributed by atoms with van der Waals surface area (Å²) in [6, 6.07) is 6.08. The summed E-state index contributed by atoms with van der Waals surface area (Å²) >= 11 is 0. The van der Waals surface area contributed by atoms with Gasteiger partial charge in [-0.15, -0.1) is 0 Å². The van der Waals surface area contributed by atoms with Crippen LogP contribution in [-0.2, 0) is 5.72 Å². The normalized spacial score (nSPS) is 17.1. The molecule has 76 valence electrons. The lowest BCUT2D eigenvalue weighted by Crippen LogP contribution is -2.46. The topological polar surface area (TPSA) is 83.6 Å². The zero-order valence-corrected chi connectivity index (χ0v) is 7.84. The largest absolute Gasteiger partial charge is 0.389 e. The van der Waals surface area contributed by atoms with Crippen molar-refractivity contribution in [1.29, 1.82) is 0 Å².